The summed E-state index contributed by atoms with van der Waals surface area (Å²) in [7, 11) is 0. The Hall–Kier alpha value is -1.90. The van der Waals surface area contributed by atoms with Crippen LogP contribution in [0.3, 0.4) is 0 Å². The van der Waals surface area contributed by atoms with Crippen molar-refractivity contribution in [2.24, 2.45) is 0 Å². The monoisotopic (exact) mass is 293 g/mol. The second kappa shape index (κ2) is 9.92. The maximum absolute atomic E-state index is 13.8. The minimum Gasteiger partial charge on any atom is -0.395 e. The number of ether oxygens (including phenoxy) is 1. The van der Waals surface area contributed by atoms with Gasteiger partial charge >= 0.3 is 0 Å². The van der Waals surface area contributed by atoms with Crippen molar-refractivity contribution < 1.29 is 19.0 Å². The lowest BCUT2D eigenvalue weighted by Gasteiger charge is -2.07. The SMILES string of the molecule is CCCOCCC(=O)Nc1ccc(C#CCCO)cc1F. The van der Waals surface area contributed by atoms with E-state index in [4.69, 9.17) is 9.84 Å². The van der Waals surface area contributed by atoms with Crippen LogP contribution in [0, 0.1) is 17.7 Å². The van der Waals surface area contributed by atoms with E-state index in [1.165, 1.54) is 12.1 Å². The third-order valence-corrected chi connectivity index (χ3v) is 2.53. The second-order valence-electron chi connectivity index (χ2n) is 4.38. The number of hydrogen-bond donors (Lipinski definition) is 2. The van der Waals surface area contributed by atoms with Crippen molar-refractivity contribution in [2.75, 3.05) is 25.1 Å². The van der Waals surface area contributed by atoms with Crippen LogP contribution in [0.15, 0.2) is 18.2 Å². The van der Waals surface area contributed by atoms with Gasteiger partial charge in [-0.3, -0.25) is 4.79 Å². The van der Waals surface area contributed by atoms with E-state index in [1.54, 1.807) is 6.07 Å². The number of carbonyl (C=O) groups is 1. The number of carbonyl (C=O) groups excluding carboxylic acids is 1. The minimum atomic E-state index is -0.534. The summed E-state index contributed by atoms with van der Waals surface area (Å²) in [6.45, 7) is 2.90. The van der Waals surface area contributed by atoms with E-state index in [9.17, 15) is 9.18 Å². The molecule has 0 bridgehead atoms. The Labute approximate surface area is 124 Å². The molecule has 0 unspecified atom stereocenters. The molecule has 0 saturated carbocycles. The van der Waals surface area contributed by atoms with Gasteiger partial charge in [-0.2, -0.15) is 0 Å². The Morgan fingerprint density at radius 1 is 1.43 bits per heavy atom. The molecule has 0 aromatic heterocycles. The van der Waals surface area contributed by atoms with Crippen LogP contribution < -0.4 is 5.32 Å². The fourth-order valence-electron chi connectivity index (χ4n) is 1.54. The highest BCUT2D eigenvalue weighted by atomic mass is 19.1. The van der Waals surface area contributed by atoms with Crippen LogP contribution in [-0.2, 0) is 9.53 Å². The predicted octanol–water partition coefficient (Wildman–Crippen LogP) is 2.31. The molecule has 0 aliphatic carbocycles. The molecule has 2 N–H and O–H groups in total. The fraction of sp³-hybridized carbons (Fsp3) is 0.438. The molecule has 0 radical (unpaired) electrons. The van der Waals surface area contributed by atoms with E-state index in [1.807, 2.05) is 6.92 Å². The van der Waals surface area contributed by atoms with Crippen LogP contribution in [0.2, 0.25) is 0 Å². The van der Waals surface area contributed by atoms with Gasteiger partial charge in [0.15, 0.2) is 0 Å². The molecule has 0 fully saturated rings. The Morgan fingerprint density at radius 3 is 2.90 bits per heavy atom. The topological polar surface area (TPSA) is 58.6 Å². The Balaban J connectivity index is 2.52. The van der Waals surface area contributed by atoms with Crippen molar-refractivity contribution in [3.05, 3.63) is 29.6 Å². The van der Waals surface area contributed by atoms with Crippen molar-refractivity contribution in [2.45, 2.75) is 26.2 Å². The van der Waals surface area contributed by atoms with Crippen LogP contribution in [0.1, 0.15) is 31.7 Å². The molecular weight excluding hydrogens is 273 g/mol. The van der Waals surface area contributed by atoms with Gasteiger partial charge in [0.1, 0.15) is 5.82 Å². The quantitative estimate of drug-likeness (QED) is 0.599. The van der Waals surface area contributed by atoms with E-state index >= 15 is 0 Å². The molecule has 114 valence electrons. The Kier molecular flexibility index (Phi) is 8.10. The molecule has 0 spiro atoms. The third-order valence-electron chi connectivity index (χ3n) is 2.53. The number of hydrogen-bond acceptors (Lipinski definition) is 3. The van der Waals surface area contributed by atoms with Crippen LogP contribution in [0.4, 0.5) is 10.1 Å². The highest BCUT2D eigenvalue weighted by Gasteiger charge is 2.07. The van der Waals surface area contributed by atoms with Gasteiger partial charge in [0.05, 0.1) is 25.3 Å². The van der Waals surface area contributed by atoms with Gasteiger partial charge in [-0.25, -0.2) is 4.39 Å². The standard InChI is InChI=1S/C16H20FNO3/c1-2-10-21-11-8-16(20)18-15-7-6-13(12-14(15)17)5-3-4-9-19/h6-7,12,19H,2,4,8-11H2,1H3,(H,18,20). The normalized spacial score (nSPS) is 9.86. The first-order chi connectivity index (χ1) is 10.2. The number of nitrogens with one attached hydrogen (secondary N) is 1. The van der Waals surface area contributed by atoms with Crippen molar-refractivity contribution in [1.29, 1.82) is 0 Å². The zero-order valence-electron chi connectivity index (χ0n) is 12.1. The summed E-state index contributed by atoms with van der Waals surface area (Å²) in [5.74, 6) is 4.62. The molecule has 1 aromatic rings. The summed E-state index contributed by atoms with van der Waals surface area (Å²) in [6, 6.07) is 4.35. The molecule has 0 atom stereocenters. The molecule has 21 heavy (non-hydrogen) atoms. The molecule has 1 aromatic carbocycles. The first kappa shape index (κ1) is 17.2. The van der Waals surface area contributed by atoms with Crippen molar-refractivity contribution in [3.63, 3.8) is 0 Å². The first-order valence-corrected chi connectivity index (χ1v) is 6.94. The average Bonchev–Trinajstić information content (AvgIpc) is 2.47. The maximum Gasteiger partial charge on any atom is 0.226 e. The van der Waals surface area contributed by atoms with Gasteiger partial charge in [-0.05, 0) is 24.6 Å². The summed E-state index contributed by atoms with van der Waals surface area (Å²) >= 11 is 0. The van der Waals surface area contributed by atoms with Gasteiger partial charge in [0.2, 0.25) is 5.91 Å². The molecule has 1 amide bonds. The molecule has 5 heteroatoms. The molecule has 4 nitrogen and oxygen atoms in total. The van der Waals surface area contributed by atoms with Crippen LogP contribution in [0.25, 0.3) is 0 Å². The number of amides is 1. The molecule has 0 aliphatic rings. The number of aliphatic hydroxyl groups excluding tert-OH is 1. The van der Waals surface area contributed by atoms with Gasteiger partial charge in [0.25, 0.3) is 0 Å². The van der Waals surface area contributed by atoms with Gasteiger partial charge in [-0.15, -0.1) is 0 Å². The van der Waals surface area contributed by atoms with E-state index in [0.29, 0.717) is 25.2 Å². The molecular formula is C16H20FNO3. The Bertz CT molecular complexity index is 520. The van der Waals surface area contributed by atoms with Crippen LogP contribution in [0.5, 0.6) is 0 Å². The Morgan fingerprint density at radius 2 is 2.24 bits per heavy atom. The smallest absolute Gasteiger partial charge is 0.226 e. The van der Waals surface area contributed by atoms with Gasteiger partial charge in [-0.1, -0.05) is 18.8 Å². The summed E-state index contributed by atoms with van der Waals surface area (Å²) < 4.78 is 19.0. The minimum absolute atomic E-state index is 0.0241. The summed E-state index contributed by atoms with van der Waals surface area (Å²) in [4.78, 5) is 11.6. The molecule has 0 saturated heterocycles. The van der Waals surface area contributed by atoms with Crippen molar-refractivity contribution >= 4 is 11.6 Å². The zero-order chi connectivity index (χ0) is 15.5. The fourth-order valence-corrected chi connectivity index (χ4v) is 1.54. The van der Waals surface area contributed by atoms with Crippen LogP contribution >= 0.6 is 0 Å². The summed E-state index contributed by atoms with van der Waals surface area (Å²) in [6.07, 6.45) is 1.43. The first-order valence-electron chi connectivity index (χ1n) is 6.94. The summed E-state index contributed by atoms with van der Waals surface area (Å²) in [5.41, 5.74) is 0.633. The van der Waals surface area contributed by atoms with E-state index < -0.39 is 5.82 Å². The largest absolute Gasteiger partial charge is 0.395 e. The highest BCUT2D eigenvalue weighted by molar-refractivity contribution is 5.90. The number of anilines is 1. The highest BCUT2D eigenvalue weighted by Crippen LogP contribution is 2.15. The van der Waals surface area contributed by atoms with Crippen LogP contribution in [-0.4, -0.2) is 30.8 Å². The number of halogens is 1. The second-order valence-corrected chi connectivity index (χ2v) is 4.38. The maximum atomic E-state index is 13.8. The van der Waals surface area contributed by atoms with Gasteiger partial charge < -0.3 is 15.2 Å². The third kappa shape index (κ3) is 6.89. The number of benzene rings is 1. The number of aliphatic hydroxyl groups is 1. The lowest BCUT2D eigenvalue weighted by Crippen LogP contribution is -2.15. The lowest BCUT2D eigenvalue weighted by atomic mass is 10.2. The van der Waals surface area contributed by atoms with Crippen molar-refractivity contribution in [3.8, 4) is 11.8 Å². The van der Waals surface area contributed by atoms with Crippen molar-refractivity contribution in [1.82, 2.24) is 0 Å². The molecule has 1 rings (SSSR count). The molecule has 0 heterocycles. The van der Waals surface area contributed by atoms with E-state index in [-0.39, 0.29) is 24.6 Å². The summed E-state index contributed by atoms with van der Waals surface area (Å²) in [5, 5.41) is 11.1. The predicted molar refractivity (Wildman–Crippen MR) is 79.3 cm³/mol. The average molecular weight is 293 g/mol. The van der Waals surface area contributed by atoms with E-state index in [2.05, 4.69) is 17.2 Å². The number of rotatable bonds is 7. The lowest BCUT2D eigenvalue weighted by molar-refractivity contribution is -0.117. The molecule has 0 aliphatic heterocycles. The van der Waals surface area contributed by atoms with Gasteiger partial charge in [0, 0.05) is 18.6 Å². The van der Waals surface area contributed by atoms with E-state index in [0.717, 1.165) is 6.42 Å². The zero-order valence-corrected chi connectivity index (χ0v) is 12.1.